The number of azo groups is 1. The number of pyridine rings is 1. The predicted molar refractivity (Wildman–Crippen MR) is 86.8 cm³/mol. The zero-order chi connectivity index (χ0) is 17.3. The van der Waals surface area contributed by atoms with Crippen molar-refractivity contribution < 1.29 is 14.3 Å². The summed E-state index contributed by atoms with van der Waals surface area (Å²) in [7, 11) is 0. The lowest BCUT2D eigenvalue weighted by Gasteiger charge is -2.02. The number of carbonyl (C=O) groups is 1. The number of hydrogen-bond acceptors (Lipinski definition) is 4. The Morgan fingerprint density at radius 2 is 2.04 bits per heavy atom. The third kappa shape index (κ3) is 3.01. The van der Waals surface area contributed by atoms with Gasteiger partial charge in [-0.25, -0.2) is 14.2 Å². The number of aromatic carboxylic acids is 1. The second kappa shape index (κ2) is 6.19. The van der Waals surface area contributed by atoms with Crippen LogP contribution in [0.15, 0.2) is 52.8 Å². The average Bonchev–Trinajstić information content (AvgIpc) is 2.91. The molecule has 0 fully saturated rings. The van der Waals surface area contributed by atoms with Gasteiger partial charge in [0.15, 0.2) is 5.82 Å². The summed E-state index contributed by atoms with van der Waals surface area (Å²) in [6.45, 7) is 3.92. The van der Waals surface area contributed by atoms with Gasteiger partial charge in [-0.1, -0.05) is 19.9 Å². The maximum atomic E-state index is 13.5. The van der Waals surface area contributed by atoms with Crippen molar-refractivity contribution in [1.82, 2.24) is 9.38 Å². The van der Waals surface area contributed by atoms with E-state index < -0.39 is 11.8 Å². The van der Waals surface area contributed by atoms with Crippen LogP contribution in [0.5, 0.6) is 0 Å². The molecular formula is C17H15FN4O2. The van der Waals surface area contributed by atoms with Gasteiger partial charge in [0.2, 0.25) is 0 Å². The molecule has 0 unspecified atom stereocenters. The van der Waals surface area contributed by atoms with Crippen LogP contribution in [0.4, 0.5) is 15.9 Å². The molecule has 3 aromatic rings. The number of carboxylic acid groups (broad SMARTS) is 1. The van der Waals surface area contributed by atoms with Gasteiger partial charge in [0.05, 0.1) is 16.9 Å². The quantitative estimate of drug-likeness (QED) is 0.705. The molecule has 0 aliphatic carbocycles. The molecule has 1 N–H and O–H groups in total. The predicted octanol–water partition coefficient (Wildman–Crippen LogP) is 4.71. The summed E-state index contributed by atoms with van der Waals surface area (Å²) in [5, 5.41) is 17.3. The fourth-order valence-electron chi connectivity index (χ4n) is 2.32. The summed E-state index contributed by atoms with van der Waals surface area (Å²) in [5.74, 6) is -0.932. The lowest BCUT2D eigenvalue weighted by Crippen LogP contribution is -1.94. The van der Waals surface area contributed by atoms with Crippen molar-refractivity contribution in [2.24, 2.45) is 10.2 Å². The van der Waals surface area contributed by atoms with Crippen LogP contribution in [0.25, 0.3) is 5.65 Å². The average molecular weight is 326 g/mol. The van der Waals surface area contributed by atoms with E-state index in [0.29, 0.717) is 22.8 Å². The Morgan fingerprint density at radius 1 is 1.25 bits per heavy atom. The molecule has 3 rings (SSSR count). The summed E-state index contributed by atoms with van der Waals surface area (Å²) >= 11 is 0. The Balaban J connectivity index is 2.08. The van der Waals surface area contributed by atoms with E-state index in [4.69, 9.17) is 5.11 Å². The highest BCUT2D eigenvalue weighted by molar-refractivity contribution is 5.88. The minimum Gasteiger partial charge on any atom is -0.478 e. The molecule has 0 saturated carbocycles. The highest BCUT2D eigenvalue weighted by atomic mass is 19.1. The molecule has 7 heteroatoms. The standard InChI is InChI=1S/C17H15FN4O2/c1-10(2)15-16(22-9-12(18)6-7-14(22)19-15)21-20-13-5-3-4-11(8-13)17(23)24/h3-10H,1-2H3,(H,23,24). The molecule has 2 heterocycles. The second-order valence-electron chi connectivity index (χ2n) is 5.61. The summed E-state index contributed by atoms with van der Waals surface area (Å²) in [6, 6.07) is 9.05. The van der Waals surface area contributed by atoms with E-state index in [9.17, 15) is 9.18 Å². The van der Waals surface area contributed by atoms with Crippen LogP contribution in [-0.4, -0.2) is 20.5 Å². The van der Waals surface area contributed by atoms with Crippen LogP contribution in [0.1, 0.15) is 35.8 Å². The van der Waals surface area contributed by atoms with E-state index in [-0.39, 0.29) is 11.5 Å². The number of hydrogen-bond donors (Lipinski definition) is 1. The Morgan fingerprint density at radius 3 is 2.75 bits per heavy atom. The number of fused-ring (bicyclic) bond motifs is 1. The van der Waals surface area contributed by atoms with Gasteiger partial charge in [0.25, 0.3) is 0 Å². The highest BCUT2D eigenvalue weighted by Gasteiger charge is 2.15. The van der Waals surface area contributed by atoms with Crippen molar-refractivity contribution in [3.05, 3.63) is 59.7 Å². The van der Waals surface area contributed by atoms with Gasteiger partial charge in [-0.2, -0.15) is 0 Å². The zero-order valence-corrected chi connectivity index (χ0v) is 13.1. The normalized spacial score (nSPS) is 11.7. The maximum absolute atomic E-state index is 13.5. The zero-order valence-electron chi connectivity index (χ0n) is 13.1. The van der Waals surface area contributed by atoms with Gasteiger partial charge in [0.1, 0.15) is 11.5 Å². The fraction of sp³-hybridized carbons (Fsp3) is 0.176. The topological polar surface area (TPSA) is 79.3 Å². The largest absolute Gasteiger partial charge is 0.478 e. The molecule has 2 aromatic heterocycles. The molecule has 0 spiro atoms. The molecular weight excluding hydrogens is 311 g/mol. The van der Waals surface area contributed by atoms with Gasteiger partial charge < -0.3 is 5.11 Å². The van der Waals surface area contributed by atoms with Gasteiger partial charge >= 0.3 is 5.97 Å². The van der Waals surface area contributed by atoms with Crippen LogP contribution in [0.2, 0.25) is 0 Å². The first kappa shape index (κ1) is 15.8. The molecule has 0 amide bonds. The van der Waals surface area contributed by atoms with Crippen molar-refractivity contribution in [2.45, 2.75) is 19.8 Å². The molecule has 0 saturated heterocycles. The molecule has 24 heavy (non-hydrogen) atoms. The monoisotopic (exact) mass is 326 g/mol. The molecule has 0 atom stereocenters. The number of carboxylic acids is 1. The minimum absolute atomic E-state index is 0.0762. The summed E-state index contributed by atoms with van der Waals surface area (Å²) in [4.78, 5) is 15.5. The third-order valence-electron chi connectivity index (χ3n) is 3.48. The van der Waals surface area contributed by atoms with Gasteiger partial charge in [-0.05, 0) is 36.2 Å². The SMILES string of the molecule is CC(C)c1nc2ccc(F)cn2c1N=Nc1cccc(C(=O)O)c1. The molecule has 0 aliphatic heterocycles. The number of benzene rings is 1. The van der Waals surface area contributed by atoms with E-state index in [1.807, 2.05) is 13.8 Å². The molecule has 6 nitrogen and oxygen atoms in total. The van der Waals surface area contributed by atoms with Gasteiger partial charge in [-0.3, -0.25) is 4.40 Å². The molecule has 122 valence electrons. The minimum atomic E-state index is -1.04. The Kier molecular flexibility index (Phi) is 4.07. The van der Waals surface area contributed by atoms with E-state index >= 15 is 0 Å². The van der Waals surface area contributed by atoms with E-state index in [2.05, 4.69) is 15.2 Å². The van der Waals surface area contributed by atoms with Gasteiger partial charge in [0, 0.05) is 6.20 Å². The number of aromatic nitrogens is 2. The lowest BCUT2D eigenvalue weighted by molar-refractivity contribution is 0.0697. The Labute approximate surface area is 137 Å². The first-order chi connectivity index (χ1) is 11.5. The molecule has 0 aliphatic rings. The Hall–Kier alpha value is -3.09. The van der Waals surface area contributed by atoms with Gasteiger partial charge in [-0.15, -0.1) is 10.2 Å². The van der Waals surface area contributed by atoms with Crippen molar-refractivity contribution in [3.63, 3.8) is 0 Å². The third-order valence-corrected chi connectivity index (χ3v) is 3.48. The van der Waals surface area contributed by atoms with Crippen LogP contribution < -0.4 is 0 Å². The summed E-state index contributed by atoms with van der Waals surface area (Å²) in [5.41, 5.74) is 1.79. The smallest absolute Gasteiger partial charge is 0.335 e. The van der Waals surface area contributed by atoms with Crippen LogP contribution >= 0.6 is 0 Å². The van der Waals surface area contributed by atoms with Crippen molar-refractivity contribution in [3.8, 4) is 0 Å². The second-order valence-corrected chi connectivity index (χ2v) is 5.61. The number of halogens is 1. The van der Waals surface area contributed by atoms with E-state index in [0.717, 1.165) is 0 Å². The van der Waals surface area contributed by atoms with Crippen molar-refractivity contribution in [1.29, 1.82) is 0 Å². The summed E-state index contributed by atoms with van der Waals surface area (Å²) < 4.78 is 15.1. The van der Waals surface area contributed by atoms with Crippen LogP contribution in [0, 0.1) is 5.82 Å². The first-order valence-corrected chi connectivity index (χ1v) is 7.38. The van der Waals surface area contributed by atoms with E-state index in [1.54, 1.807) is 18.2 Å². The van der Waals surface area contributed by atoms with E-state index in [1.165, 1.54) is 28.8 Å². The molecule has 0 radical (unpaired) electrons. The summed E-state index contributed by atoms with van der Waals surface area (Å²) in [6.07, 6.45) is 1.30. The first-order valence-electron chi connectivity index (χ1n) is 7.38. The number of imidazole rings is 1. The van der Waals surface area contributed by atoms with Crippen molar-refractivity contribution >= 4 is 23.1 Å². The van der Waals surface area contributed by atoms with Crippen LogP contribution in [-0.2, 0) is 0 Å². The highest BCUT2D eigenvalue weighted by Crippen LogP contribution is 2.29. The Bertz CT molecular complexity index is 947. The fourth-order valence-corrected chi connectivity index (χ4v) is 2.32. The maximum Gasteiger partial charge on any atom is 0.335 e. The van der Waals surface area contributed by atoms with Crippen LogP contribution in [0.3, 0.4) is 0 Å². The molecule has 0 bridgehead atoms. The molecule has 1 aromatic carbocycles. The number of nitrogens with zero attached hydrogens (tertiary/aromatic N) is 4. The van der Waals surface area contributed by atoms with Crippen molar-refractivity contribution in [2.75, 3.05) is 0 Å². The number of rotatable bonds is 4. The lowest BCUT2D eigenvalue weighted by atomic mass is 10.1.